The van der Waals surface area contributed by atoms with Crippen molar-refractivity contribution in [2.75, 3.05) is 6.54 Å². The van der Waals surface area contributed by atoms with E-state index in [0.717, 1.165) is 11.1 Å². The van der Waals surface area contributed by atoms with Crippen LogP contribution in [0.5, 0.6) is 0 Å². The number of thioether (sulfide) groups is 1. The molecule has 2 N–H and O–H groups in total. The second-order valence-electron chi connectivity index (χ2n) is 6.83. The highest BCUT2D eigenvalue weighted by molar-refractivity contribution is 8.26. The molecule has 0 saturated carbocycles. The Labute approximate surface area is 195 Å². The zero-order valence-electron chi connectivity index (χ0n) is 16.7. The minimum absolute atomic E-state index is 0.134. The fourth-order valence-corrected chi connectivity index (χ4v) is 4.28. The summed E-state index contributed by atoms with van der Waals surface area (Å²) >= 11 is 12.7. The molecule has 0 spiro atoms. The van der Waals surface area contributed by atoms with Crippen molar-refractivity contribution in [3.8, 4) is 0 Å². The molecule has 6 nitrogen and oxygen atoms in total. The Morgan fingerprint density at radius 3 is 2.55 bits per heavy atom. The van der Waals surface area contributed by atoms with Gasteiger partial charge in [0.1, 0.15) is 4.32 Å². The molecular weight excluding hydrogens is 454 g/mol. The lowest BCUT2D eigenvalue weighted by atomic mass is 10.1. The molecule has 1 heterocycles. The number of benzene rings is 2. The maximum Gasteiger partial charge on any atom is 0.269 e. The molecule has 160 valence electrons. The Hall–Kier alpha value is -2.68. The first-order chi connectivity index (χ1) is 14.8. The minimum atomic E-state index is -0.394. The molecule has 0 radical (unpaired) electrons. The van der Waals surface area contributed by atoms with Crippen molar-refractivity contribution >= 4 is 63.7 Å². The highest BCUT2D eigenvalue weighted by Gasteiger charge is 2.31. The van der Waals surface area contributed by atoms with E-state index in [2.05, 4.69) is 10.9 Å². The summed E-state index contributed by atoms with van der Waals surface area (Å²) in [5.41, 5.74) is 7.00. The Kier molecular flexibility index (Phi) is 7.84. The number of amides is 3. The molecule has 2 aromatic carbocycles. The van der Waals surface area contributed by atoms with Crippen molar-refractivity contribution in [1.82, 2.24) is 15.8 Å². The predicted octanol–water partition coefficient (Wildman–Crippen LogP) is 4.09. The zero-order valence-corrected chi connectivity index (χ0v) is 19.1. The van der Waals surface area contributed by atoms with Crippen molar-refractivity contribution in [2.24, 2.45) is 0 Å². The van der Waals surface area contributed by atoms with E-state index in [-0.39, 0.29) is 18.2 Å². The number of hydrogen-bond acceptors (Lipinski definition) is 5. The zero-order chi connectivity index (χ0) is 22.4. The van der Waals surface area contributed by atoms with Gasteiger partial charge in [-0.1, -0.05) is 71.5 Å². The van der Waals surface area contributed by atoms with Gasteiger partial charge in [-0.05, 0) is 43.2 Å². The van der Waals surface area contributed by atoms with E-state index in [1.54, 1.807) is 24.3 Å². The third kappa shape index (κ3) is 6.16. The first kappa shape index (κ1) is 23.0. The molecule has 1 aliphatic rings. The van der Waals surface area contributed by atoms with Gasteiger partial charge < -0.3 is 0 Å². The van der Waals surface area contributed by atoms with Crippen LogP contribution in [0.15, 0.2) is 53.4 Å². The number of carbonyl (C=O) groups is 3. The van der Waals surface area contributed by atoms with Gasteiger partial charge in [0.2, 0.25) is 5.91 Å². The fourth-order valence-electron chi connectivity index (χ4n) is 2.79. The van der Waals surface area contributed by atoms with Gasteiger partial charge in [-0.3, -0.25) is 30.1 Å². The van der Waals surface area contributed by atoms with Crippen LogP contribution >= 0.6 is 35.6 Å². The van der Waals surface area contributed by atoms with E-state index >= 15 is 0 Å². The molecule has 0 aliphatic carbocycles. The van der Waals surface area contributed by atoms with Gasteiger partial charge in [0, 0.05) is 23.6 Å². The third-order valence-electron chi connectivity index (χ3n) is 4.48. The molecule has 1 aliphatic heterocycles. The van der Waals surface area contributed by atoms with Crippen LogP contribution in [0.2, 0.25) is 5.02 Å². The van der Waals surface area contributed by atoms with Crippen LogP contribution in [0.25, 0.3) is 6.08 Å². The summed E-state index contributed by atoms with van der Waals surface area (Å²) in [6.07, 6.45) is 2.25. The molecule has 31 heavy (non-hydrogen) atoms. The molecule has 9 heteroatoms. The first-order valence-electron chi connectivity index (χ1n) is 9.51. The van der Waals surface area contributed by atoms with Crippen LogP contribution in [0.3, 0.4) is 0 Å². The normalized spacial score (nSPS) is 14.8. The summed E-state index contributed by atoms with van der Waals surface area (Å²) in [4.78, 5) is 38.7. The molecule has 2 aromatic rings. The van der Waals surface area contributed by atoms with Gasteiger partial charge in [-0.15, -0.1) is 0 Å². The number of hydrogen-bond donors (Lipinski definition) is 2. The number of rotatable bonds is 6. The minimum Gasteiger partial charge on any atom is -0.293 e. The summed E-state index contributed by atoms with van der Waals surface area (Å²) < 4.78 is 0.441. The van der Waals surface area contributed by atoms with Gasteiger partial charge in [0.15, 0.2) is 0 Å². The van der Waals surface area contributed by atoms with Crippen molar-refractivity contribution in [3.63, 3.8) is 0 Å². The Morgan fingerprint density at radius 1 is 1.13 bits per heavy atom. The van der Waals surface area contributed by atoms with Crippen molar-refractivity contribution in [2.45, 2.75) is 19.8 Å². The summed E-state index contributed by atoms with van der Waals surface area (Å²) in [7, 11) is 0. The maximum atomic E-state index is 12.7. The molecule has 1 fully saturated rings. The van der Waals surface area contributed by atoms with Gasteiger partial charge in [-0.2, -0.15) is 0 Å². The second kappa shape index (κ2) is 10.6. The Bertz CT molecular complexity index is 1050. The number of hydrazine groups is 1. The third-order valence-corrected chi connectivity index (χ3v) is 6.20. The average molecular weight is 474 g/mol. The summed E-state index contributed by atoms with van der Waals surface area (Å²) in [6.45, 7) is 2.23. The van der Waals surface area contributed by atoms with Crippen LogP contribution in [0.4, 0.5) is 0 Å². The van der Waals surface area contributed by atoms with Crippen molar-refractivity contribution in [1.29, 1.82) is 0 Å². The summed E-state index contributed by atoms with van der Waals surface area (Å²) in [5, 5.41) is 0.553. The van der Waals surface area contributed by atoms with E-state index in [1.807, 2.05) is 37.3 Å². The van der Waals surface area contributed by atoms with Crippen LogP contribution in [-0.2, 0) is 9.59 Å². The van der Waals surface area contributed by atoms with Gasteiger partial charge in [0.05, 0.1) is 4.91 Å². The van der Waals surface area contributed by atoms with E-state index in [0.29, 0.717) is 32.8 Å². The van der Waals surface area contributed by atoms with Gasteiger partial charge >= 0.3 is 0 Å². The lowest BCUT2D eigenvalue weighted by molar-refractivity contribution is -0.124. The van der Waals surface area contributed by atoms with E-state index < -0.39 is 5.91 Å². The number of halogens is 1. The fraction of sp³-hybridized carbons (Fsp3) is 0.182. The second-order valence-corrected chi connectivity index (χ2v) is 8.91. The quantitative estimate of drug-likeness (QED) is 0.375. The molecule has 0 atom stereocenters. The average Bonchev–Trinajstić information content (AvgIpc) is 3.01. The number of nitrogens with zero attached hydrogens (tertiary/aromatic N) is 1. The smallest absolute Gasteiger partial charge is 0.269 e. The number of aryl methyl sites for hydroxylation is 1. The SMILES string of the molecule is Cc1ccc(C(=O)NNC(=O)CCCN2C(=O)/C(=C/c3ccccc3Cl)SC2=S)cc1. The van der Waals surface area contributed by atoms with E-state index in [1.165, 1.54) is 16.7 Å². The number of carbonyl (C=O) groups excluding carboxylic acids is 3. The molecule has 3 rings (SSSR count). The standard InChI is InChI=1S/C22H20ClN3O3S2/c1-14-8-10-15(11-9-14)20(28)25-24-19(27)7-4-12-26-21(29)18(31-22(26)30)13-16-5-2-3-6-17(16)23/h2-3,5-6,8-11,13H,4,7,12H2,1H3,(H,24,27)(H,25,28)/b18-13-. The van der Waals surface area contributed by atoms with Crippen LogP contribution in [0, 0.1) is 6.92 Å². The number of thiocarbonyl (C=S) groups is 1. The molecule has 0 bridgehead atoms. The van der Waals surface area contributed by atoms with E-state index in [4.69, 9.17) is 23.8 Å². The molecule has 3 amide bonds. The van der Waals surface area contributed by atoms with Crippen LogP contribution < -0.4 is 10.9 Å². The summed E-state index contributed by atoms with van der Waals surface area (Å²) in [6, 6.07) is 14.2. The highest BCUT2D eigenvalue weighted by atomic mass is 35.5. The Balaban J connectivity index is 1.46. The molecule has 1 saturated heterocycles. The van der Waals surface area contributed by atoms with Crippen molar-refractivity contribution in [3.05, 3.63) is 75.1 Å². The van der Waals surface area contributed by atoms with Crippen LogP contribution in [0.1, 0.15) is 34.3 Å². The van der Waals surface area contributed by atoms with Gasteiger partial charge in [-0.25, -0.2) is 0 Å². The van der Waals surface area contributed by atoms with E-state index in [9.17, 15) is 14.4 Å². The molecular formula is C22H20ClN3O3S2. The largest absolute Gasteiger partial charge is 0.293 e. The molecule has 0 unspecified atom stereocenters. The molecule has 0 aromatic heterocycles. The summed E-state index contributed by atoms with van der Waals surface area (Å²) in [5.74, 6) is -0.949. The topological polar surface area (TPSA) is 78.5 Å². The van der Waals surface area contributed by atoms with Crippen molar-refractivity contribution < 1.29 is 14.4 Å². The van der Waals surface area contributed by atoms with Crippen LogP contribution in [-0.4, -0.2) is 33.5 Å². The van der Waals surface area contributed by atoms with Gasteiger partial charge in [0.25, 0.3) is 11.8 Å². The number of nitrogens with one attached hydrogen (secondary N) is 2. The highest BCUT2D eigenvalue weighted by Crippen LogP contribution is 2.33. The first-order valence-corrected chi connectivity index (χ1v) is 11.1. The lowest BCUT2D eigenvalue weighted by Gasteiger charge is -2.14. The monoisotopic (exact) mass is 473 g/mol. The predicted molar refractivity (Wildman–Crippen MR) is 127 cm³/mol. The lowest BCUT2D eigenvalue weighted by Crippen LogP contribution is -2.41. The Morgan fingerprint density at radius 2 is 1.84 bits per heavy atom. The maximum absolute atomic E-state index is 12.7.